The number of aryl methyl sites for hydroxylation is 1. The van der Waals surface area contributed by atoms with Gasteiger partial charge in [0.05, 0.1) is 50.6 Å². The van der Waals surface area contributed by atoms with Crippen molar-refractivity contribution in [1.82, 2.24) is 14.9 Å². The molecule has 0 saturated carbocycles. The van der Waals surface area contributed by atoms with Gasteiger partial charge in [0.1, 0.15) is 18.2 Å². The van der Waals surface area contributed by atoms with Gasteiger partial charge >= 0.3 is 0 Å². The summed E-state index contributed by atoms with van der Waals surface area (Å²) < 4.78 is 51.1. The van der Waals surface area contributed by atoms with Crippen molar-refractivity contribution in [3.63, 3.8) is 0 Å². The smallest absolute Gasteiger partial charge is 0.227 e. The topological polar surface area (TPSA) is 81.2 Å². The van der Waals surface area contributed by atoms with Crippen LogP contribution < -0.4 is 24.4 Å². The van der Waals surface area contributed by atoms with Crippen molar-refractivity contribution >= 4 is 17.3 Å². The van der Waals surface area contributed by atoms with E-state index >= 15 is 0 Å². The van der Waals surface area contributed by atoms with Crippen molar-refractivity contribution in [3.05, 3.63) is 59.4 Å². The van der Waals surface area contributed by atoms with Crippen molar-refractivity contribution in [2.45, 2.75) is 39.3 Å². The van der Waals surface area contributed by atoms with Gasteiger partial charge in [-0.05, 0) is 50.5 Å². The number of nitrogens with one attached hydrogen (secondary N) is 1. The number of hydrogen-bond acceptors (Lipinski definition) is 9. The van der Waals surface area contributed by atoms with E-state index in [2.05, 4.69) is 31.2 Å². The third-order valence-corrected chi connectivity index (χ3v) is 7.55. The minimum atomic E-state index is -0.787. The van der Waals surface area contributed by atoms with Gasteiger partial charge in [0.25, 0.3) is 0 Å². The third-order valence-electron chi connectivity index (χ3n) is 7.55. The summed E-state index contributed by atoms with van der Waals surface area (Å²) in [5.41, 5.74) is 1.92. The van der Waals surface area contributed by atoms with E-state index in [4.69, 9.17) is 18.9 Å². The molecule has 41 heavy (non-hydrogen) atoms. The number of hydrogen-bond donors (Lipinski definition) is 1. The van der Waals surface area contributed by atoms with Crippen molar-refractivity contribution in [2.75, 3.05) is 63.3 Å². The fourth-order valence-corrected chi connectivity index (χ4v) is 5.36. The number of anilines is 3. The van der Waals surface area contributed by atoms with Crippen LogP contribution >= 0.6 is 0 Å². The molecule has 1 N–H and O–H groups in total. The zero-order valence-electron chi connectivity index (χ0n) is 23.8. The van der Waals surface area contributed by atoms with Gasteiger partial charge in [0.2, 0.25) is 5.95 Å². The first kappa shape index (κ1) is 28.8. The highest BCUT2D eigenvalue weighted by Crippen LogP contribution is 2.35. The first-order valence-corrected chi connectivity index (χ1v) is 14.0. The Bertz CT molecular complexity index is 1310. The molecule has 2 aliphatic rings. The minimum Gasteiger partial charge on any atom is -0.494 e. The van der Waals surface area contributed by atoms with Crippen LogP contribution in [-0.4, -0.2) is 74.0 Å². The Labute approximate surface area is 239 Å². The van der Waals surface area contributed by atoms with Crippen LogP contribution in [0.1, 0.15) is 30.9 Å². The normalized spacial score (nSPS) is 16.5. The van der Waals surface area contributed by atoms with E-state index in [1.54, 1.807) is 6.92 Å². The van der Waals surface area contributed by atoms with E-state index in [1.165, 1.54) is 25.6 Å². The number of aromatic nitrogens is 2. The lowest BCUT2D eigenvalue weighted by Crippen LogP contribution is -2.49. The van der Waals surface area contributed by atoms with Crippen molar-refractivity contribution in [2.24, 2.45) is 0 Å². The molecule has 0 unspecified atom stereocenters. The van der Waals surface area contributed by atoms with Crippen LogP contribution in [0.25, 0.3) is 0 Å². The minimum absolute atomic E-state index is 0.0341. The van der Waals surface area contributed by atoms with E-state index < -0.39 is 11.6 Å². The summed E-state index contributed by atoms with van der Waals surface area (Å²) in [6, 6.07) is 7.93. The van der Waals surface area contributed by atoms with E-state index in [-0.39, 0.29) is 29.2 Å². The predicted octanol–water partition coefficient (Wildman–Crippen LogP) is 5.09. The molecule has 220 valence electrons. The first-order valence-electron chi connectivity index (χ1n) is 14.0. The molecular weight excluding hydrogens is 532 g/mol. The van der Waals surface area contributed by atoms with Crippen LogP contribution in [0, 0.1) is 18.6 Å². The Kier molecular flexibility index (Phi) is 9.35. The van der Waals surface area contributed by atoms with Crippen molar-refractivity contribution < 1.29 is 27.7 Å². The van der Waals surface area contributed by atoms with Gasteiger partial charge in [-0.3, -0.25) is 4.90 Å². The lowest BCUT2D eigenvalue weighted by molar-refractivity contribution is 0.0115. The first-order chi connectivity index (χ1) is 20.0. The van der Waals surface area contributed by atoms with Crippen molar-refractivity contribution in [3.8, 4) is 17.2 Å². The lowest BCUT2D eigenvalue weighted by Gasteiger charge is -2.41. The molecule has 1 aromatic heterocycles. The maximum atomic E-state index is 14.5. The van der Waals surface area contributed by atoms with Crippen LogP contribution in [0.15, 0.2) is 36.7 Å². The molecule has 2 aromatic carbocycles. The molecule has 2 fully saturated rings. The van der Waals surface area contributed by atoms with Crippen LogP contribution in [0.4, 0.5) is 26.1 Å². The Morgan fingerprint density at radius 1 is 0.976 bits per heavy atom. The summed E-state index contributed by atoms with van der Waals surface area (Å²) in [6.45, 7) is 9.38. The summed E-state index contributed by atoms with van der Waals surface area (Å²) in [7, 11) is 1.33. The maximum absolute atomic E-state index is 14.5. The molecular formula is C30H37F2N5O4. The highest BCUT2D eigenvalue weighted by Gasteiger charge is 2.27. The van der Waals surface area contributed by atoms with Crippen LogP contribution in [0.3, 0.4) is 0 Å². The average molecular weight is 570 g/mol. The quantitative estimate of drug-likeness (QED) is 0.359. The molecule has 11 heteroatoms. The molecule has 3 aromatic rings. The Balaban J connectivity index is 1.20. The number of morpholine rings is 1. The highest BCUT2D eigenvalue weighted by molar-refractivity contribution is 5.67. The van der Waals surface area contributed by atoms with Gasteiger partial charge < -0.3 is 29.2 Å². The van der Waals surface area contributed by atoms with Crippen LogP contribution in [0.5, 0.6) is 17.2 Å². The summed E-state index contributed by atoms with van der Waals surface area (Å²) in [6.07, 6.45) is 5.14. The van der Waals surface area contributed by atoms with Gasteiger partial charge in [-0.25, -0.2) is 18.7 Å². The van der Waals surface area contributed by atoms with E-state index in [0.29, 0.717) is 18.6 Å². The van der Waals surface area contributed by atoms with Crippen LogP contribution in [0.2, 0.25) is 0 Å². The number of halogens is 2. The molecule has 0 atom stereocenters. The molecule has 9 nitrogen and oxygen atoms in total. The molecule has 0 bridgehead atoms. The third kappa shape index (κ3) is 6.79. The second kappa shape index (κ2) is 13.3. The second-order valence-electron chi connectivity index (χ2n) is 10.1. The molecule has 5 rings (SSSR count). The van der Waals surface area contributed by atoms with E-state index in [9.17, 15) is 8.78 Å². The summed E-state index contributed by atoms with van der Waals surface area (Å²) >= 11 is 0. The lowest BCUT2D eigenvalue weighted by atomic mass is 10.0. The molecule has 2 saturated heterocycles. The second-order valence-corrected chi connectivity index (χ2v) is 10.1. The van der Waals surface area contributed by atoms with Gasteiger partial charge in [0, 0.05) is 44.0 Å². The fraction of sp³-hybridized carbons (Fsp3) is 0.467. The summed E-state index contributed by atoms with van der Waals surface area (Å²) in [4.78, 5) is 13.5. The number of rotatable bonds is 10. The predicted molar refractivity (Wildman–Crippen MR) is 153 cm³/mol. The zero-order valence-corrected chi connectivity index (χ0v) is 23.8. The number of methoxy groups -OCH3 is 1. The molecule has 0 aliphatic carbocycles. The molecule has 3 heterocycles. The van der Waals surface area contributed by atoms with Gasteiger partial charge in [0.15, 0.2) is 17.3 Å². The molecule has 0 radical (unpaired) electrons. The average Bonchev–Trinajstić information content (AvgIpc) is 3.01. The van der Waals surface area contributed by atoms with Crippen molar-refractivity contribution in [1.29, 1.82) is 0 Å². The van der Waals surface area contributed by atoms with E-state index in [0.717, 1.165) is 69.4 Å². The van der Waals surface area contributed by atoms with E-state index in [1.807, 2.05) is 19.1 Å². The largest absolute Gasteiger partial charge is 0.494 e. The van der Waals surface area contributed by atoms with Gasteiger partial charge in [-0.2, -0.15) is 0 Å². The molecule has 0 amide bonds. The molecule has 2 aliphatic heterocycles. The number of nitrogens with zero attached hydrogens (tertiary/aromatic N) is 4. The highest BCUT2D eigenvalue weighted by atomic mass is 19.1. The summed E-state index contributed by atoms with van der Waals surface area (Å²) in [5, 5.41) is 3.19. The monoisotopic (exact) mass is 569 g/mol. The van der Waals surface area contributed by atoms with Crippen LogP contribution in [-0.2, 0) is 11.3 Å². The Morgan fingerprint density at radius 3 is 2.39 bits per heavy atom. The van der Waals surface area contributed by atoms with Gasteiger partial charge in [-0.1, -0.05) is 0 Å². The zero-order chi connectivity index (χ0) is 28.8. The number of ether oxygens (including phenoxy) is 4. The van der Waals surface area contributed by atoms with Gasteiger partial charge in [-0.15, -0.1) is 0 Å². The maximum Gasteiger partial charge on any atom is 0.227 e. The fourth-order valence-electron chi connectivity index (χ4n) is 5.36. The molecule has 0 spiro atoms. The summed E-state index contributed by atoms with van der Waals surface area (Å²) in [5.74, 6) is -0.0513. The standard InChI is InChI=1S/C30H37F2N5O4/c1-4-40-26-16-21(5-6-25(26)37-9-7-22(8-10-37)36-11-13-39-14-12-36)35-30-33-17-23(18-34-30)41-19-24-28(31)20(2)15-27(38-3)29(24)32/h5-6,15-18,22H,4,7-14,19H2,1-3H3,(H,33,34,35). The number of benzene rings is 2. The SMILES string of the molecule is CCOc1cc(Nc2ncc(OCc3c(F)c(C)cc(OC)c3F)cn2)ccc1N1CCC(N2CCOCC2)CC1. The Hall–Kier alpha value is -3.70. The Morgan fingerprint density at radius 2 is 1.71 bits per heavy atom. The number of piperidine rings is 1.